The summed E-state index contributed by atoms with van der Waals surface area (Å²) in [6.45, 7) is 12.8. The first-order chi connectivity index (χ1) is 25.5. The first kappa shape index (κ1) is 46.8. The maximum Gasteiger partial charge on any atom is 0.317 e. The Balaban J connectivity index is 1.96. The van der Waals surface area contributed by atoms with Crippen molar-refractivity contribution in [2.24, 2.45) is 11.8 Å². The van der Waals surface area contributed by atoms with Gasteiger partial charge >= 0.3 is 11.9 Å². The number of hydrogen-bond acceptors (Lipinski definition) is 11. The van der Waals surface area contributed by atoms with E-state index >= 15 is 0 Å². The Kier molecular flexibility index (Phi) is 24.8. The van der Waals surface area contributed by atoms with E-state index in [1.165, 1.54) is 17.7 Å². The molecule has 2 unspecified atom stereocenters. The number of Topliss-reactive ketones (excluding diaryl/α,β-unsaturated/α-hetero) is 1. The van der Waals surface area contributed by atoms with E-state index in [4.69, 9.17) is 22.1 Å². The van der Waals surface area contributed by atoms with Gasteiger partial charge in [0.1, 0.15) is 0 Å². The molecule has 2 fully saturated rings. The number of carbonyl (C=O) groups is 4. The average Bonchev–Trinajstić information content (AvgIpc) is 3.05. The highest BCUT2D eigenvalue weighted by molar-refractivity contribution is 6.57. The van der Waals surface area contributed by atoms with Crippen LogP contribution in [0.4, 0.5) is 0 Å². The number of allylic oxidation sites excluding steroid dienone is 2. The monoisotopic (exact) mass is 749 g/mol. The summed E-state index contributed by atoms with van der Waals surface area (Å²) in [5.41, 5.74) is 2.26. The Hall–Kier alpha value is -2.36. The van der Waals surface area contributed by atoms with Gasteiger partial charge in [0.2, 0.25) is 0 Å². The van der Waals surface area contributed by atoms with Crippen molar-refractivity contribution in [1.29, 1.82) is 0 Å². The largest absolute Gasteiger partial charge is 0.480 e. The van der Waals surface area contributed by atoms with Gasteiger partial charge in [-0.15, -0.1) is 0 Å². The third-order valence-corrected chi connectivity index (χ3v) is 10.4. The molecule has 0 bridgehead atoms. The number of rotatable bonds is 35. The quantitative estimate of drug-likeness (QED) is 0.0639. The summed E-state index contributed by atoms with van der Waals surface area (Å²) in [6, 6.07) is -0.239. The SMILES string of the molecule is [B]C(=O)CCOCCOCCOCCNC(CCC(C(=O)C1CCC1)N(CCC)CCN(CCN(CCC(C)CC)CC(=O)O)CC(=O)O)=C1CCC1. The van der Waals surface area contributed by atoms with Crippen LogP contribution >= 0.6 is 0 Å². The van der Waals surface area contributed by atoms with Gasteiger partial charge in [0.05, 0.1) is 64.5 Å². The van der Waals surface area contributed by atoms with Gasteiger partial charge in [-0.25, -0.2) is 0 Å². The summed E-state index contributed by atoms with van der Waals surface area (Å²) in [4.78, 5) is 54.3. The van der Waals surface area contributed by atoms with Gasteiger partial charge in [-0.05, 0) is 76.8 Å². The minimum Gasteiger partial charge on any atom is -0.480 e. The van der Waals surface area contributed by atoms with Crippen LogP contribution in [0, 0.1) is 11.8 Å². The molecule has 14 heteroatoms. The van der Waals surface area contributed by atoms with E-state index in [2.05, 4.69) is 31.0 Å². The van der Waals surface area contributed by atoms with Crippen molar-refractivity contribution in [3.05, 3.63) is 11.3 Å². The topological polar surface area (TPSA) is 158 Å². The number of hydrogen-bond donors (Lipinski definition) is 3. The summed E-state index contributed by atoms with van der Waals surface area (Å²) in [6.07, 6.45) is 10.8. The summed E-state index contributed by atoms with van der Waals surface area (Å²) in [5, 5.41) is 22.9. The van der Waals surface area contributed by atoms with Crippen LogP contribution in [0.2, 0.25) is 0 Å². The zero-order valence-corrected chi connectivity index (χ0v) is 33.0. The third-order valence-electron chi connectivity index (χ3n) is 10.4. The molecule has 0 aliphatic heterocycles. The lowest BCUT2D eigenvalue weighted by atomic mass is 9.78. The molecule has 13 nitrogen and oxygen atoms in total. The number of ketones is 1. The summed E-state index contributed by atoms with van der Waals surface area (Å²) < 4.78 is 16.6. The fraction of sp³-hybridized carbons (Fsp3) is 0.846. The minimum atomic E-state index is -0.916. The molecular weight excluding hydrogens is 679 g/mol. The van der Waals surface area contributed by atoms with Crippen molar-refractivity contribution < 1.29 is 43.6 Å². The molecule has 0 heterocycles. The van der Waals surface area contributed by atoms with Crippen LogP contribution in [0.25, 0.3) is 0 Å². The number of ether oxygens (including phenoxy) is 3. The molecule has 0 aromatic carbocycles. The van der Waals surface area contributed by atoms with E-state index in [1.807, 2.05) is 9.80 Å². The molecule has 2 saturated carbocycles. The van der Waals surface area contributed by atoms with Crippen molar-refractivity contribution in [1.82, 2.24) is 20.0 Å². The number of aliphatic carboxylic acids is 2. The molecule has 2 aliphatic carbocycles. The number of nitrogens with zero attached hydrogens (tertiary/aromatic N) is 3. The van der Waals surface area contributed by atoms with Crippen molar-refractivity contribution in [3.8, 4) is 0 Å². The van der Waals surface area contributed by atoms with E-state index < -0.39 is 11.9 Å². The maximum absolute atomic E-state index is 14.0. The normalized spacial score (nSPS) is 15.7. The molecule has 2 rings (SSSR count). The van der Waals surface area contributed by atoms with Gasteiger partial charge < -0.3 is 34.5 Å². The van der Waals surface area contributed by atoms with E-state index in [0.717, 1.165) is 64.3 Å². The Morgan fingerprint density at radius 2 is 1.36 bits per heavy atom. The second kappa shape index (κ2) is 28.1. The second-order valence-electron chi connectivity index (χ2n) is 14.7. The standard InChI is InChI=1S/C39H69BN4O9/c1-4-17-44(22-21-43(30-38(48)49)20-19-42(29-37(46)47)18-14-31(3)5-2)35(39(50)33-10-7-11-33)13-12-34(32-8-6-9-32)41-16-24-52-26-28-53-27-25-51-23-15-36(40)45/h31,33,35,41H,4-30H2,1-3H3,(H,46,47)(H,48,49). The maximum atomic E-state index is 14.0. The van der Waals surface area contributed by atoms with Crippen molar-refractivity contribution >= 4 is 31.3 Å². The number of carboxylic acid groups (broad SMARTS) is 2. The number of carboxylic acids is 2. The molecule has 2 radical (unpaired) electrons. The average molecular weight is 749 g/mol. The van der Waals surface area contributed by atoms with E-state index in [9.17, 15) is 29.4 Å². The molecule has 3 N–H and O–H groups in total. The van der Waals surface area contributed by atoms with Crippen molar-refractivity contribution in [2.45, 2.75) is 104 Å². The van der Waals surface area contributed by atoms with Crippen molar-refractivity contribution in [3.63, 3.8) is 0 Å². The highest BCUT2D eigenvalue weighted by atomic mass is 16.5. The molecule has 53 heavy (non-hydrogen) atoms. The van der Waals surface area contributed by atoms with Crippen LogP contribution in [-0.2, 0) is 33.4 Å². The molecule has 0 aromatic rings. The van der Waals surface area contributed by atoms with Crippen LogP contribution in [0.5, 0.6) is 0 Å². The predicted octanol–water partition coefficient (Wildman–Crippen LogP) is 3.59. The molecule has 0 aromatic heterocycles. The minimum absolute atomic E-state index is 0.0681. The molecule has 2 atom stereocenters. The van der Waals surface area contributed by atoms with Gasteiger partial charge in [0, 0.05) is 50.8 Å². The first-order valence-corrected chi connectivity index (χ1v) is 20.2. The van der Waals surface area contributed by atoms with Gasteiger partial charge in [-0.3, -0.25) is 29.1 Å². The van der Waals surface area contributed by atoms with Crippen LogP contribution in [0.3, 0.4) is 0 Å². The summed E-state index contributed by atoms with van der Waals surface area (Å²) >= 11 is 0. The Morgan fingerprint density at radius 3 is 1.87 bits per heavy atom. The lowest BCUT2D eigenvalue weighted by Crippen LogP contribution is -2.49. The van der Waals surface area contributed by atoms with Gasteiger partial charge in [-0.2, -0.15) is 0 Å². The van der Waals surface area contributed by atoms with Crippen molar-refractivity contribution in [2.75, 3.05) is 98.5 Å². The van der Waals surface area contributed by atoms with E-state index in [1.54, 1.807) is 0 Å². The van der Waals surface area contributed by atoms with Gasteiger partial charge in [0.25, 0.3) is 0 Å². The molecule has 2 aliphatic rings. The Bertz CT molecular complexity index is 1100. The van der Waals surface area contributed by atoms with E-state index in [0.29, 0.717) is 97.0 Å². The van der Waals surface area contributed by atoms with E-state index in [-0.39, 0.29) is 37.2 Å². The van der Waals surface area contributed by atoms with Crippen LogP contribution < -0.4 is 5.32 Å². The molecular formula is C39H69BN4O9. The summed E-state index contributed by atoms with van der Waals surface area (Å²) in [5.74, 6) is -0.905. The second-order valence-corrected chi connectivity index (χ2v) is 14.7. The first-order valence-electron chi connectivity index (χ1n) is 20.2. The van der Waals surface area contributed by atoms with Crippen LogP contribution in [-0.4, -0.2) is 161 Å². The van der Waals surface area contributed by atoms with Gasteiger partial charge in [-0.1, -0.05) is 39.2 Å². The highest BCUT2D eigenvalue weighted by Crippen LogP contribution is 2.33. The smallest absolute Gasteiger partial charge is 0.317 e. The molecule has 0 amide bonds. The van der Waals surface area contributed by atoms with Crippen LogP contribution in [0.15, 0.2) is 11.3 Å². The third kappa shape index (κ3) is 20.8. The summed E-state index contributed by atoms with van der Waals surface area (Å²) in [7, 11) is 5.09. The van der Waals surface area contributed by atoms with Gasteiger partial charge in [0.15, 0.2) is 13.6 Å². The fourth-order valence-electron chi connectivity index (χ4n) is 6.58. The highest BCUT2D eigenvalue weighted by Gasteiger charge is 2.34. The van der Waals surface area contributed by atoms with Crippen LogP contribution in [0.1, 0.15) is 97.8 Å². The fourth-order valence-corrected chi connectivity index (χ4v) is 6.58. The zero-order chi connectivity index (χ0) is 38.8. The molecule has 0 spiro atoms. The zero-order valence-electron chi connectivity index (χ0n) is 33.0. The lowest BCUT2D eigenvalue weighted by Gasteiger charge is -2.37. The number of carbonyl (C=O) groups excluding carboxylic acids is 2. The Morgan fingerprint density at radius 1 is 0.774 bits per heavy atom. The number of nitrogens with one attached hydrogen (secondary N) is 1. The molecule has 302 valence electrons. The molecule has 0 saturated heterocycles. The Labute approximate surface area is 319 Å². The lowest BCUT2D eigenvalue weighted by molar-refractivity contribution is -0.140. The predicted molar refractivity (Wildman–Crippen MR) is 206 cm³/mol.